The van der Waals surface area contributed by atoms with Crippen LogP contribution in [0.1, 0.15) is 0 Å². The van der Waals surface area contributed by atoms with Gasteiger partial charge < -0.3 is 10.3 Å². The summed E-state index contributed by atoms with van der Waals surface area (Å²) in [5.74, 6) is -1.44. The Bertz CT molecular complexity index is 915. The second-order valence-corrected chi connectivity index (χ2v) is 4.74. The van der Waals surface area contributed by atoms with Crippen LogP contribution < -0.4 is 11.0 Å². The van der Waals surface area contributed by atoms with Crippen molar-refractivity contribution < 1.29 is 13.6 Å². The first-order valence-corrected chi connectivity index (χ1v) is 6.46. The lowest BCUT2D eigenvalue weighted by Gasteiger charge is -2.06. The number of fused-ring (bicyclic) bond motifs is 1. The van der Waals surface area contributed by atoms with Gasteiger partial charge in [-0.15, -0.1) is 0 Å². The van der Waals surface area contributed by atoms with Crippen LogP contribution in [0.5, 0.6) is 0 Å². The number of rotatable bonds is 3. The topological polar surface area (TPSA) is 66.9 Å². The molecule has 7 heteroatoms. The Morgan fingerprint density at radius 2 is 1.91 bits per heavy atom. The molecule has 0 saturated heterocycles. The van der Waals surface area contributed by atoms with Gasteiger partial charge in [0, 0.05) is 5.69 Å². The van der Waals surface area contributed by atoms with E-state index in [1.54, 1.807) is 0 Å². The molecule has 2 aromatic carbocycles. The first-order valence-electron chi connectivity index (χ1n) is 6.46. The predicted molar refractivity (Wildman–Crippen MR) is 77.5 cm³/mol. The van der Waals surface area contributed by atoms with Gasteiger partial charge in [-0.1, -0.05) is 6.07 Å². The van der Waals surface area contributed by atoms with Crippen molar-refractivity contribution in [3.63, 3.8) is 0 Å². The molecule has 0 aliphatic carbocycles. The van der Waals surface area contributed by atoms with Crippen molar-refractivity contribution in [2.75, 3.05) is 5.32 Å². The average molecular weight is 303 g/mol. The molecule has 0 bridgehead atoms. The molecule has 0 atom stereocenters. The van der Waals surface area contributed by atoms with Crippen LogP contribution in [0.3, 0.4) is 0 Å². The number of hydrogen-bond donors (Lipinski definition) is 2. The first-order chi connectivity index (χ1) is 10.5. The third kappa shape index (κ3) is 2.73. The van der Waals surface area contributed by atoms with Gasteiger partial charge in [0.25, 0.3) is 0 Å². The zero-order valence-electron chi connectivity index (χ0n) is 11.3. The molecule has 112 valence electrons. The van der Waals surface area contributed by atoms with Gasteiger partial charge in [-0.2, -0.15) is 0 Å². The molecule has 0 aliphatic heterocycles. The third-order valence-electron chi connectivity index (χ3n) is 3.15. The Morgan fingerprint density at radius 1 is 1.14 bits per heavy atom. The number of imidazole rings is 1. The smallest absolute Gasteiger partial charge is 0.324 e. The number of aromatic nitrogens is 2. The fourth-order valence-electron chi connectivity index (χ4n) is 2.20. The summed E-state index contributed by atoms with van der Waals surface area (Å²) in [6.45, 7) is -0.263. The summed E-state index contributed by atoms with van der Waals surface area (Å²) in [6.07, 6.45) is 0. The molecule has 1 heterocycles. The zero-order valence-corrected chi connectivity index (χ0v) is 11.3. The number of nitrogens with zero attached hydrogens (tertiary/aromatic N) is 1. The Kier molecular flexibility index (Phi) is 3.46. The predicted octanol–water partition coefficient (Wildman–Crippen LogP) is 2.25. The van der Waals surface area contributed by atoms with Crippen LogP contribution in [-0.2, 0) is 11.3 Å². The van der Waals surface area contributed by atoms with E-state index in [4.69, 9.17) is 0 Å². The quantitative estimate of drug-likeness (QED) is 0.779. The lowest BCUT2D eigenvalue weighted by Crippen LogP contribution is -2.25. The number of amides is 1. The van der Waals surface area contributed by atoms with E-state index in [-0.39, 0.29) is 6.54 Å². The number of benzene rings is 2. The van der Waals surface area contributed by atoms with E-state index in [2.05, 4.69) is 10.3 Å². The van der Waals surface area contributed by atoms with E-state index in [1.807, 2.05) is 0 Å². The number of carbonyl (C=O) groups excluding carboxylic acids is 1. The van der Waals surface area contributed by atoms with Crippen LogP contribution in [0.25, 0.3) is 11.0 Å². The lowest BCUT2D eigenvalue weighted by atomic mass is 10.3. The number of H-pyrrole nitrogens is 1. The maximum absolute atomic E-state index is 13.1. The van der Waals surface area contributed by atoms with E-state index in [9.17, 15) is 18.4 Å². The van der Waals surface area contributed by atoms with Crippen LogP contribution in [0.4, 0.5) is 14.5 Å². The molecule has 0 saturated carbocycles. The minimum Gasteiger partial charge on any atom is -0.324 e. The van der Waals surface area contributed by atoms with Crippen LogP contribution >= 0.6 is 0 Å². The van der Waals surface area contributed by atoms with Gasteiger partial charge in [0.15, 0.2) is 0 Å². The molecule has 0 spiro atoms. The van der Waals surface area contributed by atoms with Gasteiger partial charge in [0.05, 0.1) is 11.0 Å². The molecule has 0 fully saturated rings. The van der Waals surface area contributed by atoms with Crippen molar-refractivity contribution in [3.05, 3.63) is 64.6 Å². The lowest BCUT2D eigenvalue weighted by molar-refractivity contribution is -0.116. The van der Waals surface area contributed by atoms with Crippen molar-refractivity contribution in [3.8, 4) is 0 Å². The number of carbonyl (C=O) groups is 1. The molecule has 3 aromatic rings. The molecule has 1 amide bonds. The van der Waals surface area contributed by atoms with E-state index < -0.39 is 23.2 Å². The van der Waals surface area contributed by atoms with E-state index in [0.717, 1.165) is 0 Å². The summed E-state index contributed by atoms with van der Waals surface area (Å²) in [5.41, 5.74) is 0.503. The third-order valence-corrected chi connectivity index (χ3v) is 3.15. The van der Waals surface area contributed by atoms with E-state index in [1.165, 1.54) is 47.0 Å². The summed E-state index contributed by atoms with van der Waals surface area (Å²) >= 11 is 0. The van der Waals surface area contributed by atoms with Crippen molar-refractivity contribution in [2.24, 2.45) is 0 Å². The summed E-state index contributed by atoms with van der Waals surface area (Å²) in [7, 11) is 0. The molecule has 5 nitrogen and oxygen atoms in total. The number of aromatic amines is 1. The maximum Gasteiger partial charge on any atom is 0.326 e. The number of anilines is 1. The highest BCUT2D eigenvalue weighted by atomic mass is 19.1. The Morgan fingerprint density at radius 3 is 2.68 bits per heavy atom. The summed E-state index contributed by atoms with van der Waals surface area (Å²) in [6, 6.07) is 9.23. The van der Waals surface area contributed by atoms with Gasteiger partial charge in [0.1, 0.15) is 18.2 Å². The molecule has 22 heavy (non-hydrogen) atoms. The van der Waals surface area contributed by atoms with Crippen LogP contribution in [0, 0.1) is 11.6 Å². The Labute approximate surface area is 123 Å². The summed E-state index contributed by atoms with van der Waals surface area (Å²) in [4.78, 5) is 26.3. The van der Waals surface area contributed by atoms with Gasteiger partial charge >= 0.3 is 5.69 Å². The fraction of sp³-hybridized carbons (Fsp3) is 0.0667. The monoisotopic (exact) mass is 303 g/mol. The molecule has 0 aliphatic rings. The second-order valence-electron chi connectivity index (χ2n) is 4.74. The highest BCUT2D eigenvalue weighted by Crippen LogP contribution is 2.13. The van der Waals surface area contributed by atoms with Gasteiger partial charge in [-0.05, 0) is 36.4 Å². The van der Waals surface area contributed by atoms with Crippen molar-refractivity contribution in [1.82, 2.24) is 9.55 Å². The van der Waals surface area contributed by atoms with Crippen LogP contribution in [-0.4, -0.2) is 15.5 Å². The first kappa shape index (κ1) is 14.0. The molecule has 1 aromatic heterocycles. The molecule has 0 unspecified atom stereocenters. The standard InChI is InChI=1S/C15H11F2N3O2/c16-9-2-1-3-11(6-9)18-14(21)8-20-13-5-4-10(17)7-12(13)19-15(20)22/h1-7H,8H2,(H,18,21)(H,19,22). The van der Waals surface area contributed by atoms with Crippen LogP contribution in [0.15, 0.2) is 47.3 Å². The minimum absolute atomic E-state index is 0.263. The van der Waals surface area contributed by atoms with E-state index in [0.29, 0.717) is 16.7 Å². The number of hydrogen-bond acceptors (Lipinski definition) is 2. The molecule has 0 radical (unpaired) electrons. The van der Waals surface area contributed by atoms with Crippen molar-refractivity contribution >= 4 is 22.6 Å². The normalized spacial score (nSPS) is 10.8. The average Bonchev–Trinajstić information content (AvgIpc) is 2.74. The van der Waals surface area contributed by atoms with Gasteiger partial charge in [0.2, 0.25) is 5.91 Å². The highest BCUT2D eigenvalue weighted by molar-refractivity contribution is 5.91. The highest BCUT2D eigenvalue weighted by Gasteiger charge is 2.11. The van der Waals surface area contributed by atoms with Crippen LogP contribution in [0.2, 0.25) is 0 Å². The maximum atomic E-state index is 13.1. The Balaban J connectivity index is 1.85. The van der Waals surface area contributed by atoms with E-state index >= 15 is 0 Å². The van der Waals surface area contributed by atoms with Gasteiger partial charge in [-0.25, -0.2) is 13.6 Å². The molecule has 3 rings (SSSR count). The molecular weight excluding hydrogens is 292 g/mol. The molecule has 2 N–H and O–H groups in total. The number of nitrogens with one attached hydrogen (secondary N) is 2. The Hall–Kier alpha value is -2.96. The summed E-state index contributed by atoms with van der Waals surface area (Å²) in [5, 5.41) is 2.50. The summed E-state index contributed by atoms with van der Waals surface area (Å²) < 4.78 is 27.4. The zero-order chi connectivity index (χ0) is 15.7. The second kappa shape index (κ2) is 5.44. The fourth-order valence-corrected chi connectivity index (χ4v) is 2.20. The minimum atomic E-state index is -0.519. The van der Waals surface area contributed by atoms with Crippen molar-refractivity contribution in [2.45, 2.75) is 6.54 Å². The molecular formula is C15H11F2N3O2. The number of halogens is 2. The van der Waals surface area contributed by atoms with Crippen molar-refractivity contribution in [1.29, 1.82) is 0 Å². The SMILES string of the molecule is O=C(Cn1c(=O)[nH]c2cc(F)ccc21)Nc1cccc(F)c1. The largest absolute Gasteiger partial charge is 0.326 e. The van der Waals surface area contributed by atoms with Gasteiger partial charge in [-0.3, -0.25) is 9.36 Å².